The molecule has 2 rings (SSSR count). The number of nitrogens with zero attached hydrogens (tertiary/aromatic N) is 1. The quantitative estimate of drug-likeness (QED) is 0.584. The highest BCUT2D eigenvalue weighted by molar-refractivity contribution is 7.92. The van der Waals surface area contributed by atoms with Crippen molar-refractivity contribution in [2.24, 2.45) is 0 Å². The topological polar surface area (TPSA) is 105 Å². The maximum absolute atomic E-state index is 13.6. The standard InChI is InChI=1S/C20H24FN3O5S/c1-14(24(30(3,27)28)16-8-6-7-15(21)13-16)19(25)23-18-10-5-4-9-17(18)20(26)22-11-12-29-2/h4-10,13-14H,11-12H2,1-3H3,(H,22,26)(H,23,25)/t14-/m1/s1. The number of ether oxygens (including phenoxy) is 1. The van der Waals surface area contributed by atoms with Gasteiger partial charge in [-0.25, -0.2) is 12.8 Å². The number of sulfonamides is 1. The van der Waals surface area contributed by atoms with Crippen LogP contribution in [0.15, 0.2) is 48.5 Å². The van der Waals surface area contributed by atoms with E-state index in [0.29, 0.717) is 6.61 Å². The number of carbonyl (C=O) groups is 2. The van der Waals surface area contributed by atoms with Gasteiger partial charge in [0.15, 0.2) is 0 Å². The lowest BCUT2D eigenvalue weighted by Crippen LogP contribution is -2.45. The maximum Gasteiger partial charge on any atom is 0.253 e. The minimum Gasteiger partial charge on any atom is -0.383 e. The van der Waals surface area contributed by atoms with Crippen LogP contribution >= 0.6 is 0 Å². The van der Waals surface area contributed by atoms with Crippen LogP contribution in [0.25, 0.3) is 0 Å². The molecule has 8 nitrogen and oxygen atoms in total. The van der Waals surface area contributed by atoms with Crippen LogP contribution in [0.5, 0.6) is 0 Å². The zero-order valence-electron chi connectivity index (χ0n) is 16.9. The summed E-state index contributed by atoms with van der Waals surface area (Å²) in [7, 11) is -2.39. The molecule has 10 heteroatoms. The lowest BCUT2D eigenvalue weighted by Gasteiger charge is -2.28. The molecule has 0 saturated heterocycles. The maximum atomic E-state index is 13.6. The third-order valence-corrected chi connectivity index (χ3v) is 5.41. The van der Waals surface area contributed by atoms with Gasteiger partial charge in [-0.15, -0.1) is 0 Å². The molecule has 162 valence electrons. The van der Waals surface area contributed by atoms with Gasteiger partial charge < -0.3 is 15.4 Å². The minimum atomic E-state index is -3.90. The third kappa shape index (κ3) is 6.01. The van der Waals surface area contributed by atoms with Crippen molar-refractivity contribution in [3.05, 3.63) is 59.9 Å². The fraction of sp³-hybridized carbons (Fsp3) is 0.300. The van der Waals surface area contributed by atoms with Gasteiger partial charge in [-0.1, -0.05) is 18.2 Å². The SMILES string of the molecule is COCCNC(=O)c1ccccc1NC(=O)[C@@H](C)N(c1cccc(F)c1)S(C)(=O)=O. The number of nitrogens with one attached hydrogen (secondary N) is 2. The molecule has 2 aromatic carbocycles. The Bertz CT molecular complexity index is 1010. The van der Waals surface area contributed by atoms with Crippen molar-refractivity contribution in [1.82, 2.24) is 5.32 Å². The van der Waals surface area contributed by atoms with E-state index in [2.05, 4.69) is 10.6 Å². The summed E-state index contributed by atoms with van der Waals surface area (Å²) in [6.45, 7) is 1.99. The van der Waals surface area contributed by atoms with Gasteiger partial charge in [0.05, 0.1) is 29.8 Å². The first-order valence-electron chi connectivity index (χ1n) is 9.07. The van der Waals surface area contributed by atoms with Crippen LogP contribution in [-0.2, 0) is 19.6 Å². The second kappa shape index (κ2) is 10.2. The van der Waals surface area contributed by atoms with Crippen molar-refractivity contribution in [3.8, 4) is 0 Å². The average molecular weight is 437 g/mol. The van der Waals surface area contributed by atoms with E-state index in [1.807, 2.05) is 0 Å². The molecule has 0 fully saturated rings. The van der Waals surface area contributed by atoms with Crippen molar-refractivity contribution in [2.45, 2.75) is 13.0 Å². The van der Waals surface area contributed by atoms with Crippen molar-refractivity contribution in [1.29, 1.82) is 0 Å². The number of anilines is 2. The molecule has 0 aliphatic carbocycles. The number of halogens is 1. The average Bonchev–Trinajstić information content (AvgIpc) is 2.67. The van der Waals surface area contributed by atoms with Gasteiger partial charge in [0.1, 0.15) is 11.9 Å². The molecule has 0 unspecified atom stereocenters. The van der Waals surface area contributed by atoms with Gasteiger partial charge >= 0.3 is 0 Å². The van der Waals surface area contributed by atoms with Gasteiger partial charge in [-0.05, 0) is 37.3 Å². The molecule has 0 radical (unpaired) electrons. The molecule has 1 atom stereocenters. The molecule has 2 amide bonds. The second-order valence-corrected chi connectivity index (χ2v) is 8.36. The van der Waals surface area contributed by atoms with Gasteiger partial charge in [0.2, 0.25) is 15.9 Å². The minimum absolute atomic E-state index is 0.0192. The summed E-state index contributed by atoms with van der Waals surface area (Å²) in [6, 6.07) is 10.1. The molecule has 0 bridgehead atoms. The summed E-state index contributed by atoms with van der Waals surface area (Å²) in [5.74, 6) is -1.73. The van der Waals surface area contributed by atoms with Gasteiger partial charge in [-0.2, -0.15) is 0 Å². The molecule has 2 N–H and O–H groups in total. The smallest absolute Gasteiger partial charge is 0.253 e. The molecule has 0 spiro atoms. The van der Waals surface area contributed by atoms with Gasteiger partial charge in [-0.3, -0.25) is 13.9 Å². The molecule has 0 aromatic heterocycles. The number of amides is 2. The number of rotatable bonds is 9. The summed E-state index contributed by atoms with van der Waals surface area (Å²) < 4.78 is 44.0. The largest absolute Gasteiger partial charge is 0.383 e. The molecule has 0 heterocycles. The van der Waals surface area contributed by atoms with E-state index in [1.54, 1.807) is 12.1 Å². The predicted molar refractivity (Wildman–Crippen MR) is 112 cm³/mol. The van der Waals surface area contributed by atoms with E-state index in [1.165, 1.54) is 44.4 Å². The highest BCUT2D eigenvalue weighted by Crippen LogP contribution is 2.23. The van der Waals surface area contributed by atoms with E-state index in [0.717, 1.165) is 16.6 Å². The summed E-state index contributed by atoms with van der Waals surface area (Å²) in [5, 5.41) is 5.25. The number of hydrogen-bond donors (Lipinski definition) is 2. The summed E-state index contributed by atoms with van der Waals surface area (Å²) in [5.41, 5.74) is 0.452. The number of hydrogen-bond acceptors (Lipinski definition) is 5. The van der Waals surface area contributed by atoms with Crippen LogP contribution in [0.3, 0.4) is 0 Å². The normalized spacial score (nSPS) is 12.1. The Morgan fingerprint density at radius 3 is 2.50 bits per heavy atom. The Morgan fingerprint density at radius 1 is 1.17 bits per heavy atom. The Hall–Kier alpha value is -2.98. The Balaban J connectivity index is 2.27. The predicted octanol–water partition coefficient (Wildman–Crippen LogP) is 2.00. The Kier molecular flexibility index (Phi) is 7.90. The number of carbonyl (C=O) groups excluding carboxylic acids is 2. The number of para-hydroxylation sites is 1. The number of benzene rings is 2. The van der Waals surface area contributed by atoms with E-state index in [4.69, 9.17) is 4.74 Å². The molecule has 2 aromatic rings. The summed E-state index contributed by atoms with van der Waals surface area (Å²) >= 11 is 0. The van der Waals surface area contributed by atoms with Gasteiger partial charge in [0, 0.05) is 13.7 Å². The molecular weight excluding hydrogens is 413 g/mol. The second-order valence-electron chi connectivity index (χ2n) is 6.50. The summed E-state index contributed by atoms with van der Waals surface area (Å²) in [6.07, 6.45) is 0.929. The zero-order chi connectivity index (χ0) is 22.3. The van der Waals surface area contributed by atoms with E-state index < -0.39 is 33.7 Å². The fourth-order valence-corrected chi connectivity index (χ4v) is 3.98. The van der Waals surface area contributed by atoms with Crippen LogP contribution in [0.1, 0.15) is 17.3 Å². The van der Waals surface area contributed by atoms with E-state index >= 15 is 0 Å². The monoisotopic (exact) mass is 437 g/mol. The van der Waals surface area contributed by atoms with E-state index in [9.17, 15) is 22.4 Å². The first-order chi connectivity index (χ1) is 14.1. The zero-order valence-corrected chi connectivity index (χ0v) is 17.7. The van der Waals surface area contributed by atoms with E-state index in [-0.39, 0.29) is 23.5 Å². The van der Waals surface area contributed by atoms with Crippen LogP contribution < -0.4 is 14.9 Å². The third-order valence-electron chi connectivity index (χ3n) is 4.17. The first kappa shape index (κ1) is 23.3. The Labute approximate surface area is 175 Å². The van der Waals surface area contributed by atoms with Crippen LogP contribution in [-0.4, -0.2) is 52.8 Å². The number of methoxy groups -OCH3 is 1. The van der Waals surface area contributed by atoms with Crippen molar-refractivity contribution in [3.63, 3.8) is 0 Å². The molecule has 0 aliphatic heterocycles. The van der Waals surface area contributed by atoms with Crippen LogP contribution in [0, 0.1) is 5.82 Å². The van der Waals surface area contributed by atoms with Crippen molar-refractivity contribution in [2.75, 3.05) is 36.1 Å². The molecular formula is C20H24FN3O5S. The Morgan fingerprint density at radius 2 is 1.87 bits per heavy atom. The van der Waals surface area contributed by atoms with Crippen molar-refractivity contribution < 1.29 is 27.1 Å². The summed E-state index contributed by atoms with van der Waals surface area (Å²) in [4.78, 5) is 25.2. The molecule has 30 heavy (non-hydrogen) atoms. The lowest BCUT2D eigenvalue weighted by atomic mass is 10.1. The van der Waals surface area contributed by atoms with Crippen LogP contribution in [0.4, 0.5) is 15.8 Å². The first-order valence-corrected chi connectivity index (χ1v) is 10.9. The van der Waals surface area contributed by atoms with Crippen LogP contribution in [0.2, 0.25) is 0 Å². The fourth-order valence-electron chi connectivity index (χ4n) is 2.81. The van der Waals surface area contributed by atoms with Gasteiger partial charge in [0.25, 0.3) is 5.91 Å². The lowest BCUT2D eigenvalue weighted by molar-refractivity contribution is -0.116. The molecule has 0 saturated carbocycles. The highest BCUT2D eigenvalue weighted by atomic mass is 32.2. The molecule has 0 aliphatic rings. The highest BCUT2D eigenvalue weighted by Gasteiger charge is 2.30. The van der Waals surface area contributed by atoms with Crippen molar-refractivity contribution >= 4 is 33.2 Å².